The number of aromatic nitrogens is 1. The fourth-order valence-electron chi connectivity index (χ4n) is 4.50. The van der Waals surface area contributed by atoms with Gasteiger partial charge in [0.2, 0.25) is 5.89 Å². The first-order valence-corrected chi connectivity index (χ1v) is 12.1. The first-order chi connectivity index (χ1) is 17.1. The van der Waals surface area contributed by atoms with Gasteiger partial charge < -0.3 is 19.5 Å². The van der Waals surface area contributed by atoms with Gasteiger partial charge in [0.1, 0.15) is 0 Å². The van der Waals surface area contributed by atoms with Gasteiger partial charge in [0.25, 0.3) is 5.91 Å². The molecule has 1 aliphatic rings. The highest BCUT2D eigenvalue weighted by Gasteiger charge is 2.19. The normalized spacial score (nSPS) is 14.2. The summed E-state index contributed by atoms with van der Waals surface area (Å²) >= 11 is 0. The SMILES string of the molecule is CCN1CCN(c2ccc(NC(=O)c3ccccc3-c3ncc(-c4ccccc4)o3)c(C)c2)CC1. The molecular formula is C29H30N4O2. The van der Waals surface area contributed by atoms with Crippen molar-refractivity contribution in [3.05, 3.63) is 90.1 Å². The number of amides is 1. The van der Waals surface area contributed by atoms with Crippen LogP contribution in [-0.2, 0) is 0 Å². The molecule has 4 aromatic rings. The molecule has 0 saturated carbocycles. The van der Waals surface area contributed by atoms with E-state index in [0.717, 1.165) is 49.5 Å². The van der Waals surface area contributed by atoms with Gasteiger partial charge in [-0.25, -0.2) is 4.98 Å². The van der Waals surface area contributed by atoms with E-state index in [0.29, 0.717) is 22.8 Å². The van der Waals surface area contributed by atoms with Crippen molar-refractivity contribution < 1.29 is 9.21 Å². The monoisotopic (exact) mass is 466 g/mol. The molecule has 1 saturated heterocycles. The molecule has 3 aromatic carbocycles. The Balaban J connectivity index is 1.34. The van der Waals surface area contributed by atoms with E-state index in [2.05, 4.69) is 39.2 Å². The van der Waals surface area contributed by atoms with Gasteiger partial charge in [0, 0.05) is 48.7 Å². The molecule has 1 fully saturated rings. The average Bonchev–Trinajstić information content (AvgIpc) is 3.41. The minimum atomic E-state index is -0.188. The number of likely N-dealkylation sites (N-methyl/N-ethyl adjacent to an activating group) is 1. The highest BCUT2D eigenvalue weighted by molar-refractivity contribution is 6.08. The molecule has 1 amide bonds. The molecular weight excluding hydrogens is 436 g/mol. The smallest absolute Gasteiger partial charge is 0.256 e. The van der Waals surface area contributed by atoms with Crippen molar-refractivity contribution in [2.75, 3.05) is 42.9 Å². The summed E-state index contributed by atoms with van der Waals surface area (Å²) in [6.45, 7) is 9.55. The van der Waals surface area contributed by atoms with E-state index in [1.54, 1.807) is 12.3 Å². The van der Waals surface area contributed by atoms with Crippen LogP contribution in [0.4, 0.5) is 11.4 Å². The minimum absolute atomic E-state index is 0.188. The predicted octanol–water partition coefficient (Wildman–Crippen LogP) is 5.71. The van der Waals surface area contributed by atoms with Crippen molar-refractivity contribution in [3.63, 3.8) is 0 Å². The Morgan fingerprint density at radius 1 is 0.971 bits per heavy atom. The van der Waals surface area contributed by atoms with Gasteiger partial charge in [-0.1, -0.05) is 49.4 Å². The van der Waals surface area contributed by atoms with E-state index in [1.165, 1.54) is 5.69 Å². The molecule has 35 heavy (non-hydrogen) atoms. The van der Waals surface area contributed by atoms with Crippen LogP contribution in [0.15, 0.2) is 83.4 Å². The number of oxazole rings is 1. The largest absolute Gasteiger partial charge is 0.436 e. The lowest BCUT2D eigenvalue weighted by molar-refractivity contribution is 0.102. The van der Waals surface area contributed by atoms with Crippen molar-refractivity contribution in [2.24, 2.45) is 0 Å². The fraction of sp³-hybridized carbons (Fsp3) is 0.241. The molecule has 1 aliphatic heterocycles. The maximum atomic E-state index is 13.3. The Morgan fingerprint density at radius 2 is 1.71 bits per heavy atom. The average molecular weight is 467 g/mol. The van der Waals surface area contributed by atoms with Crippen molar-refractivity contribution in [1.82, 2.24) is 9.88 Å². The minimum Gasteiger partial charge on any atom is -0.436 e. The summed E-state index contributed by atoms with van der Waals surface area (Å²) in [5.74, 6) is 0.905. The predicted molar refractivity (Wildman–Crippen MR) is 141 cm³/mol. The molecule has 6 heteroatoms. The van der Waals surface area contributed by atoms with Crippen molar-refractivity contribution in [2.45, 2.75) is 13.8 Å². The molecule has 5 rings (SSSR count). The van der Waals surface area contributed by atoms with Crippen molar-refractivity contribution >= 4 is 17.3 Å². The second-order valence-electron chi connectivity index (χ2n) is 8.82. The van der Waals surface area contributed by atoms with Crippen LogP contribution >= 0.6 is 0 Å². The summed E-state index contributed by atoms with van der Waals surface area (Å²) in [5.41, 5.74) is 5.17. The quantitative estimate of drug-likeness (QED) is 0.394. The van der Waals surface area contributed by atoms with Crippen LogP contribution in [0.3, 0.4) is 0 Å². The summed E-state index contributed by atoms with van der Waals surface area (Å²) in [6.07, 6.45) is 1.70. The van der Waals surface area contributed by atoms with E-state index in [1.807, 2.05) is 61.5 Å². The number of benzene rings is 3. The van der Waals surface area contributed by atoms with Gasteiger partial charge in [-0.15, -0.1) is 0 Å². The van der Waals surface area contributed by atoms with E-state index >= 15 is 0 Å². The third-order valence-corrected chi connectivity index (χ3v) is 6.61. The maximum absolute atomic E-state index is 13.3. The van der Waals surface area contributed by atoms with Crippen molar-refractivity contribution in [1.29, 1.82) is 0 Å². The zero-order valence-electron chi connectivity index (χ0n) is 20.2. The number of hydrogen-bond acceptors (Lipinski definition) is 5. The number of aryl methyl sites for hydroxylation is 1. The first kappa shape index (κ1) is 22.9. The molecule has 1 N–H and O–H groups in total. The Kier molecular flexibility index (Phi) is 6.64. The zero-order chi connectivity index (χ0) is 24.2. The van der Waals surface area contributed by atoms with Crippen LogP contribution < -0.4 is 10.2 Å². The van der Waals surface area contributed by atoms with Crippen LogP contribution in [0.25, 0.3) is 22.8 Å². The van der Waals surface area contributed by atoms with Crippen molar-refractivity contribution in [3.8, 4) is 22.8 Å². The summed E-state index contributed by atoms with van der Waals surface area (Å²) in [5, 5.41) is 3.09. The molecule has 0 radical (unpaired) electrons. The fourth-order valence-corrected chi connectivity index (χ4v) is 4.50. The van der Waals surface area contributed by atoms with E-state index in [-0.39, 0.29) is 5.91 Å². The molecule has 1 aromatic heterocycles. The highest BCUT2D eigenvalue weighted by atomic mass is 16.4. The number of anilines is 2. The van der Waals surface area contributed by atoms with Gasteiger partial charge >= 0.3 is 0 Å². The number of rotatable bonds is 6. The highest BCUT2D eigenvalue weighted by Crippen LogP contribution is 2.29. The molecule has 0 unspecified atom stereocenters. The van der Waals surface area contributed by atoms with E-state index in [9.17, 15) is 4.79 Å². The molecule has 0 atom stereocenters. The third-order valence-electron chi connectivity index (χ3n) is 6.61. The summed E-state index contributed by atoms with van der Waals surface area (Å²) < 4.78 is 6.02. The number of nitrogens with zero attached hydrogens (tertiary/aromatic N) is 3. The lowest BCUT2D eigenvalue weighted by atomic mass is 10.1. The van der Waals surface area contributed by atoms with Gasteiger partial charge in [-0.3, -0.25) is 4.79 Å². The molecule has 0 spiro atoms. The Bertz CT molecular complexity index is 1310. The lowest BCUT2D eigenvalue weighted by Crippen LogP contribution is -2.46. The van der Waals surface area contributed by atoms with Crippen LogP contribution in [0.2, 0.25) is 0 Å². The molecule has 178 valence electrons. The summed E-state index contributed by atoms with van der Waals surface area (Å²) in [4.78, 5) is 22.6. The standard InChI is InChI=1S/C29H30N4O2/c1-3-32-15-17-33(18-16-32)23-13-14-26(21(2)19-23)31-28(34)24-11-7-8-12-25(24)29-30-20-27(35-29)22-9-5-4-6-10-22/h4-14,19-20H,3,15-18H2,1-2H3,(H,31,34). The molecule has 2 heterocycles. The maximum Gasteiger partial charge on any atom is 0.256 e. The number of hydrogen-bond donors (Lipinski definition) is 1. The van der Waals surface area contributed by atoms with Gasteiger partial charge in [-0.2, -0.15) is 0 Å². The number of carbonyl (C=O) groups excluding carboxylic acids is 1. The topological polar surface area (TPSA) is 61.6 Å². The van der Waals surface area contributed by atoms with E-state index in [4.69, 9.17) is 4.42 Å². The van der Waals surface area contributed by atoms with Crippen LogP contribution in [0.1, 0.15) is 22.8 Å². The lowest BCUT2D eigenvalue weighted by Gasteiger charge is -2.35. The molecule has 0 bridgehead atoms. The van der Waals surface area contributed by atoms with Crippen LogP contribution in [-0.4, -0.2) is 48.5 Å². The Labute approximate surface area is 206 Å². The second kappa shape index (κ2) is 10.2. The summed E-state index contributed by atoms with van der Waals surface area (Å²) in [7, 11) is 0. The van der Waals surface area contributed by atoms with Crippen LogP contribution in [0, 0.1) is 6.92 Å². The second-order valence-corrected chi connectivity index (χ2v) is 8.82. The Hall–Kier alpha value is -3.90. The third kappa shape index (κ3) is 4.98. The molecule has 6 nitrogen and oxygen atoms in total. The number of piperazine rings is 1. The van der Waals surface area contributed by atoms with E-state index < -0.39 is 0 Å². The first-order valence-electron chi connectivity index (χ1n) is 12.1. The van der Waals surface area contributed by atoms with Crippen LogP contribution in [0.5, 0.6) is 0 Å². The number of carbonyl (C=O) groups is 1. The summed E-state index contributed by atoms with van der Waals surface area (Å²) in [6, 6.07) is 23.5. The Morgan fingerprint density at radius 3 is 2.46 bits per heavy atom. The van der Waals surface area contributed by atoms with Gasteiger partial charge in [0.05, 0.1) is 11.8 Å². The number of nitrogens with one attached hydrogen (secondary N) is 1. The molecule has 0 aliphatic carbocycles. The van der Waals surface area contributed by atoms with Gasteiger partial charge in [0.15, 0.2) is 5.76 Å². The van der Waals surface area contributed by atoms with Gasteiger partial charge in [-0.05, 0) is 49.4 Å². The zero-order valence-corrected chi connectivity index (χ0v) is 20.2.